The highest BCUT2D eigenvalue weighted by molar-refractivity contribution is 6.06. The molecule has 1 aliphatic heterocycles. The van der Waals surface area contributed by atoms with Crippen molar-refractivity contribution in [3.63, 3.8) is 0 Å². The van der Waals surface area contributed by atoms with Gasteiger partial charge in [0.1, 0.15) is 0 Å². The highest BCUT2D eigenvalue weighted by Gasteiger charge is 2.31. The van der Waals surface area contributed by atoms with Crippen LogP contribution in [0.15, 0.2) is 24.3 Å². The number of alkyl halides is 2. The molecule has 1 saturated heterocycles. The normalized spacial score (nSPS) is 18.4. The van der Waals surface area contributed by atoms with E-state index in [9.17, 15) is 13.6 Å². The summed E-state index contributed by atoms with van der Waals surface area (Å²) in [6.45, 7) is 4.61. The van der Waals surface area contributed by atoms with Crippen LogP contribution in [0.25, 0.3) is 10.9 Å². The van der Waals surface area contributed by atoms with Gasteiger partial charge in [0.2, 0.25) is 6.43 Å². The third kappa shape index (κ3) is 3.38. The Kier molecular flexibility index (Phi) is 4.76. The summed E-state index contributed by atoms with van der Waals surface area (Å²) in [5, 5.41) is 0.757. The van der Waals surface area contributed by atoms with E-state index in [0.717, 1.165) is 22.2 Å². The number of fused-ring (bicyclic) bond motifs is 1. The van der Waals surface area contributed by atoms with Crippen molar-refractivity contribution in [3.8, 4) is 0 Å². The molecule has 0 saturated carbocycles. The predicted octanol–water partition coefficient (Wildman–Crippen LogP) is 3.35. The number of aryl methyl sites for hydroxylation is 2. The van der Waals surface area contributed by atoms with E-state index in [1.807, 2.05) is 32.0 Å². The molecule has 3 rings (SSSR count). The Bertz CT molecular complexity index is 764. The molecule has 1 atom stereocenters. The Labute approximate surface area is 139 Å². The van der Waals surface area contributed by atoms with Gasteiger partial charge >= 0.3 is 0 Å². The number of benzene rings is 1. The lowest BCUT2D eigenvalue weighted by molar-refractivity contribution is -0.0215. The Balaban J connectivity index is 2.02. The van der Waals surface area contributed by atoms with Crippen LogP contribution in [0.3, 0.4) is 0 Å². The molecule has 2 aromatic rings. The molecular weight excluding hydrogens is 314 g/mol. The third-order valence-electron chi connectivity index (χ3n) is 4.26. The monoisotopic (exact) mass is 334 g/mol. The molecule has 6 heteroatoms. The number of carbonyl (C=O) groups is 1. The van der Waals surface area contributed by atoms with Crippen LogP contribution < -0.4 is 0 Å². The van der Waals surface area contributed by atoms with Crippen LogP contribution in [-0.4, -0.2) is 48.0 Å². The van der Waals surface area contributed by atoms with E-state index >= 15 is 0 Å². The summed E-state index contributed by atoms with van der Waals surface area (Å²) >= 11 is 0. The van der Waals surface area contributed by atoms with E-state index < -0.39 is 12.5 Å². The van der Waals surface area contributed by atoms with Gasteiger partial charge in [-0.2, -0.15) is 0 Å². The molecule has 24 heavy (non-hydrogen) atoms. The molecule has 1 fully saturated rings. The second-order valence-corrected chi connectivity index (χ2v) is 6.19. The Morgan fingerprint density at radius 3 is 2.92 bits per heavy atom. The molecule has 0 radical (unpaired) electrons. The van der Waals surface area contributed by atoms with Gasteiger partial charge in [-0.3, -0.25) is 9.78 Å². The quantitative estimate of drug-likeness (QED) is 0.864. The summed E-state index contributed by atoms with van der Waals surface area (Å²) < 4.78 is 30.9. The number of carbonyl (C=O) groups excluding carboxylic acids is 1. The minimum Gasteiger partial charge on any atom is -0.377 e. The maximum Gasteiger partial charge on any atom is 0.255 e. The van der Waals surface area contributed by atoms with E-state index in [2.05, 4.69) is 4.98 Å². The minimum absolute atomic E-state index is 0.150. The first-order valence-corrected chi connectivity index (χ1v) is 8.00. The summed E-state index contributed by atoms with van der Waals surface area (Å²) in [4.78, 5) is 19.0. The van der Waals surface area contributed by atoms with E-state index in [1.165, 1.54) is 4.90 Å². The molecule has 128 valence electrons. The van der Waals surface area contributed by atoms with E-state index in [1.54, 1.807) is 6.07 Å². The molecule has 1 amide bonds. The van der Waals surface area contributed by atoms with Crippen LogP contribution >= 0.6 is 0 Å². The van der Waals surface area contributed by atoms with Crippen LogP contribution in [0.1, 0.15) is 28.0 Å². The van der Waals surface area contributed by atoms with Gasteiger partial charge in [-0.1, -0.05) is 11.6 Å². The SMILES string of the molecule is Cc1ccc2nc(C)cc(C(=O)N3CCOCC3CC(F)F)c2c1. The minimum atomic E-state index is -2.47. The van der Waals surface area contributed by atoms with Gasteiger partial charge in [0.05, 0.1) is 30.3 Å². The fraction of sp³-hybridized carbons (Fsp3) is 0.444. The van der Waals surface area contributed by atoms with Crippen molar-refractivity contribution >= 4 is 16.8 Å². The predicted molar refractivity (Wildman–Crippen MR) is 87.5 cm³/mol. The fourth-order valence-corrected chi connectivity index (χ4v) is 3.13. The van der Waals surface area contributed by atoms with Crippen LogP contribution in [0.5, 0.6) is 0 Å². The van der Waals surface area contributed by atoms with Crippen molar-refractivity contribution < 1.29 is 18.3 Å². The number of rotatable bonds is 3. The number of pyridine rings is 1. The van der Waals surface area contributed by atoms with Gasteiger partial charge in [0, 0.05) is 24.0 Å². The van der Waals surface area contributed by atoms with E-state index in [4.69, 9.17) is 4.74 Å². The van der Waals surface area contributed by atoms with Crippen molar-refractivity contribution in [1.29, 1.82) is 0 Å². The molecule has 1 aliphatic rings. The van der Waals surface area contributed by atoms with Gasteiger partial charge in [0.25, 0.3) is 5.91 Å². The molecule has 0 bridgehead atoms. The molecule has 2 heterocycles. The van der Waals surface area contributed by atoms with Crippen molar-refractivity contribution in [2.24, 2.45) is 0 Å². The Hall–Kier alpha value is -2.08. The first kappa shape index (κ1) is 16.8. The number of aromatic nitrogens is 1. The lowest BCUT2D eigenvalue weighted by Gasteiger charge is -2.35. The largest absolute Gasteiger partial charge is 0.377 e. The number of hydrogen-bond donors (Lipinski definition) is 0. The van der Waals surface area contributed by atoms with Crippen LogP contribution in [0, 0.1) is 13.8 Å². The molecule has 1 aromatic heterocycles. The Morgan fingerprint density at radius 1 is 1.38 bits per heavy atom. The second kappa shape index (κ2) is 6.81. The summed E-state index contributed by atoms with van der Waals surface area (Å²) in [6, 6.07) is 6.87. The molecule has 0 spiro atoms. The lowest BCUT2D eigenvalue weighted by Crippen LogP contribution is -2.49. The van der Waals surface area contributed by atoms with Gasteiger partial charge < -0.3 is 9.64 Å². The summed E-state index contributed by atoms with van der Waals surface area (Å²) in [7, 11) is 0. The summed E-state index contributed by atoms with van der Waals surface area (Å²) in [5.41, 5.74) is 3.01. The zero-order valence-corrected chi connectivity index (χ0v) is 13.8. The maximum atomic E-state index is 13.1. The van der Waals surface area contributed by atoms with Crippen molar-refractivity contribution in [2.75, 3.05) is 19.8 Å². The fourth-order valence-electron chi connectivity index (χ4n) is 3.13. The number of hydrogen-bond acceptors (Lipinski definition) is 3. The number of amides is 1. The van der Waals surface area contributed by atoms with Gasteiger partial charge in [0.15, 0.2) is 0 Å². The van der Waals surface area contributed by atoms with Crippen LogP contribution in [0.4, 0.5) is 8.78 Å². The van der Waals surface area contributed by atoms with Crippen molar-refractivity contribution in [2.45, 2.75) is 32.7 Å². The standard InChI is InChI=1S/C18H20F2N2O2/c1-11-3-4-16-14(7-11)15(8-12(2)21-16)18(23)22-5-6-24-10-13(22)9-17(19)20/h3-4,7-8,13,17H,5-6,9-10H2,1-2H3. The van der Waals surface area contributed by atoms with Gasteiger partial charge in [-0.15, -0.1) is 0 Å². The van der Waals surface area contributed by atoms with Crippen LogP contribution in [-0.2, 0) is 4.74 Å². The zero-order valence-electron chi connectivity index (χ0n) is 13.8. The molecule has 0 aliphatic carbocycles. The zero-order chi connectivity index (χ0) is 17.3. The summed E-state index contributed by atoms with van der Waals surface area (Å²) in [6.07, 6.45) is -2.84. The summed E-state index contributed by atoms with van der Waals surface area (Å²) in [5.74, 6) is -0.231. The topological polar surface area (TPSA) is 42.4 Å². The number of nitrogens with zero attached hydrogens (tertiary/aromatic N) is 2. The number of morpholine rings is 1. The molecular formula is C18H20F2N2O2. The molecule has 1 unspecified atom stereocenters. The average molecular weight is 334 g/mol. The van der Waals surface area contributed by atoms with Crippen molar-refractivity contribution in [3.05, 3.63) is 41.1 Å². The lowest BCUT2D eigenvalue weighted by atomic mass is 10.0. The smallest absolute Gasteiger partial charge is 0.255 e. The maximum absolute atomic E-state index is 13.1. The molecule has 1 aromatic carbocycles. The van der Waals surface area contributed by atoms with E-state index in [0.29, 0.717) is 18.7 Å². The van der Waals surface area contributed by atoms with Crippen molar-refractivity contribution in [1.82, 2.24) is 9.88 Å². The highest BCUT2D eigenvalue weighted by Crippen LogP contribution is 2.24. The molecule has 4 nitrogen and oxygen atoms in total. The van der Waals surface area contributed by atoms with E-state index in [-0.39, 0.29) is 18.9 Å². The highest BCUT2D eigenvalue weighted by atomic mass is 19.3. The first-order chi connectivity index (χ1) is 11.5. The molecule has 0 N–H and O–H groups in total. The van der Waals surface area contributed by atoms with Gasteiger partial charge in [-0.25, -0.2) is 8.78 Å². The third-order valence-corrected chi connectivity index (χ3v) is 4.26. The van der Waals surface area contributed by atoms with Crippen LogP contribution in [0.2, 0.25) is 0 Å². The Morgan fingerprint density at radius 2 is 2.17 bits per heavy atom. The second-order valence-electron chi connectivity index (χ2n) is 6.19. The first-order valence-electron chi connectivity index (χ1n) is 8.00. The average Bonchev–Trinajstić information content (AvgIpc) is 2.54. The number of ether oxygens (including phenoxy) is 1. The van der Waals surface area contributed by atoms with Gasteiger partial charge in [-0.05, 0) is 32.0 Å². The number of halogens is 2.